The van der Waals surface area contributed by atoms with Gasteiger partial charge in [-0.2, -0.15) is 0 Å². The summed E-state index contributed by atoms with van der Waals surface area (Å²) in [5, 5.41) is 0. The van der Waals surface area contributed by atoms with Crippen LogP contribution in [0.3, 0.4) is 0 Å². The van der Waals surface area contributed by atoms with Crippen LogP contribution in [0.1, 0.15) is 56.4 Å². The minimum atomic E-state index is 0.0687. The maximum atomic E-state index is 12.8. The first-order valence-corrected chi connectivity index (χ1v) is 9.26. The summed E-state index contributed by atoms with van der Waals surface area (Å²) < 4.78 is 0. The van der Waals surface area contributed by atoms with Crippen LogP contribution in [-0.4, -0.2) is 47.4 Å². The van der Waals surface area contributed by atoms with Crippen LogP contribution in [-0.2, 0) is 4.79 Å². The zero-order valence-corrected chi connectivity index (χ0v) is 14.2. The minimum absolute atomic E-state index is 0.0687. The molecule has 1 aromatic carbocycles. The smallest absolute Gasteiger partial charge is 0.230 e. The molecule has 2 aliphatic heterocycles. The second kappa shape index (κ2) is 5.94. The summed E-state index contributed by atoms with van der Waals surface area (Å²) in [6.45, 7) is 2.34. The maximum Gasteiger partial charge on any atom is 0.230 e. The van der Waals surface area contributed by atoms with E-state index in [1.165, 1.54) is 44.3 Å². The lowest BCUT2D eigenvalue weighted by atomic mass is 9.81. The summed E-state index contributed by atoms with van der Waals surface area (Å²) in [6, 6.07) is 11.2. The van der Waals surface area contributed by atoms with Gasteiger partial charge in [-0.1, -0.05) is 43.2 Å². The van der Waals surface area contributed by atoms with Crippen molar-refractivity contribution in [3.63, 3.8) is 0 Å². The molecule has 1 atom stereocenters. The number of rotatable bonds is 2. The van der Waals surface area contributed by atoms with Crippen molar-refractivity contribution in [2.24, 2.45) is 0 Å². The minimum Gasteiger partial charge on any atom is -0.339 e. The van der Waals surface area contributed by atoms with Crippen LogP contribution in [0.5, 0.6) is 0 Å². The van der Waals surface area contributed by atoms with E-state index in [1.807, 2.05) is 13.1 Å². The van der Waals surface area contributed by atoms with Crippen molar-refractivity contribution < 1.29 is 4.79 Å². The zero-order valence-electron chi connectivity index (χ0n) is 14.2. The van der Waals surface area contributed by atoms with E-state index in [2.05, 4.69) is 34.1 Å². The van der Waals surface area contributed by atoms with Gasteiger partial charge in [0.05, 0.1) is 5.92 Å². The molecule has 1 aromatic rings. The summed E-state index contributed by atoms with van der Waals surface area (Å²) in [5.41, 5.74) is 1.30. The Morgan fingerprint density at radius 3 is 2.35 bits per heavy atom. The fraction of sp³-hybridized carbons (Fsp3) is 0.650. The molecule has 124 valence electrons. The van der Waals surface area contributed by atoms with Gasteiger partial charge in [0, 0.05) is 31.7 Å². The largest absolute Gasteiger partial charge is 0.339 e. The number of carbonyl (C=O) groups is 1. The van der Waals surface area contributed by atoms with Crippen molar-refractivity contribution in [3.8, 4) is 0 Å². The predicted octanol–water partition coefficient (Wildman–Crippen LogP) is 3.41. The molecule has 3 heteroatoms. The van der Waals surface area contributed by atoms with Crippen LogP contribution in [0.15, 0.2) is 30.3 Å². The topological polar surface area (TPSA) is 23.6 Å². The van der Waals surface area contributed by atoms with Crippen molar-refractivity contribution in [1.29, 1.82) is 0 Å². The van der Waals surface area contributed by atoms with E-state index in [9.17, 15) is 4.79 Å². The lowest BCUT2D eigenvalue weighted by Gasteiger charge is -2.45. The van der Waals surface area contributed by atoms with Crippen molar-refractivity contribution in [2.75, 3.05) is 20.1 Å². The predicted molar refractivity (Wildman–Crippen MR) is 92.4 cm³/mol. The Bertz CT molecular complexity index is 556. The maximum absolute atomic E-state index is 12.8. The molecule has 1 aliphatic carbocycles. The molecule has 23 heavy (non-hydrogen) atoms. The Balaban J connectivity index is 1.48. The highest BCUT2D eigenvalue weighted by Crippen LogP contribution is 2.45. The van der Waals surface area contributed by atoms with Gasteiger partial charge in [0.1, 0.15) is 0 Å². The van der Waals surface area contributed by atoms with E-state index in [1.54, 1.807) is 0 Å². The van der Waals surface area contributed by atoms with E-state index in [4.69, 9.17) is 0 Å². The summed E-state index contributed by atoms with van der Waals surface area (Å²) in [7, 11) is 2.04. The first kappa shape index (κ1) is 15.2. The van der Waals surface area contributed by atoms with Crippen LogP contribution in [0.2, 0.25) is 0 Å². The quantitative estimate of drug-likeness (QED) is 0.835. The number of carbonyl (C=O) groups excluding carboxylic acids is 1. The van der Waals surface area contributed by atoms with Gasteiger partial charge in [-0.25, -0.2) is 0 Å². The normalized spacial score (nSPS) is 28.8. The molecule has 0 aromatic heterocycles. The molecule has 4 rings (SSSR count). The van der Waals surface area contributed by atoms with Gasteiger partial charge < -0.3 is 9.80 Å². The third kappa shape index (κ3) is 2.59. The zero-order chi connectivity index (χ0) is 15.9. The molecule has 3 aliphatic rings. The molecule has 0 radical (unpaired) electrons. The molecule has 1 saturated carbocycles. The van der Waals surface area contributed by atoms with Gasteiger partial charge in [-0.05, 0) is 37.7 Å². The van der Waals surface area contributed by atoms with Crippen molar-refractivity contribution in [3.05, 3.63) is 35.9 Å². The lowest BCUT2D eigenvalue weighted by molar-refractivity contribution is -0.131. The highest BCUT2D eigenvalue weighted by Gasteiger charge is 2.50. The first-order chi connectivity index (χ1) is 11.2. The monoisotopic (exact) mass is 312 g/mol. The third-order valence-electron chi connectivity index (χ3n) is 6.70. The summed E-state index contributed by atoms with van der Waals surface area (Å²) >= 11 is 0. The molecule has 0 N–H and O–H groups in total. The fourth-order valence-electron chi connectivity index (χ4n) is 5.13. The molecular formula is C20H28N2O. The Hall–Kier alpha value is -1.35. The molecule has 1 spiro atoms. The Morgan fingerprint density at radius 1 is 1.04 bits per heavy atom. The van der Waals surface area contributed by atoms with Crippen LogP contribution < -0.4 is 0 Å². The van der Waals surface area contributed by atoms with Gasteiger partial charge in [-0.3, -0.25) is 4.79 Å². The van der Waals surface area contributed by atoms with Crippen molar-refractivity contribution >= 4 is 5.91 Å². The van der Waals surface area contributed by atoms with E-state index < -0.39 is 0 Å². The van der Waals surface area contributed by atoms with E-state index >= 15 is 0 Å². The van der Waals surface area contributed by atoms with Crippen molar-refractivity contribution in [1.82, 2.24) is 9.80 Å². The third-order valence-corrected chi connectivity index (χ3v) is 6.70. The number of hydrogen-bond donors (Lipinski definition) is 0. The van der Waals surface area contributed by atoms with Gasteiger partial charge in [-0.15, -0.1) is 0 Å². The molecule has 0 unspecified atom stereocenters. The summed E-state index contributed by atoms with van der Waals surface area (Å²) in [6.07, 6.45) is 8.87. The average molecular weight is 312 g/mol. The SMILES string of the molecule is CN1C(=O)[C@@H](c2ccccc2)CC12CCN(C1CCCC1)CC2. The number of piperidine rings is 1. The van der Waals surface area contributed by atoms with Gasteiger partial charge >= 0.3 is 0 Å². The summed E-state index contributed by atoms with van der Waals surface area (Å²) in [4.78, 5) is 17.6. The van der Waals surface area contributed by atoms with Gasteiger partial charge in [0.2, 0.25) is 5.91 Å². The molecule has 2 saturated heterocycles. The number of likely N-dealkylation sites (N-methyl/N-ethyl adjacent to an activating group) is 1. The van der Waals surface area contributed by atoms with Crippen LogP contribution in [0.4, 0.5) is 0 Å². The average Bonchev–Trinajstić information content (AvgIpc) is 3.21. The molecule has 3 nitrogen and oxygen atoms in total. The Kier molecular flexibility index (Phi) is 3.92. The number of benzene rings is 1. The van der Waals surface area contributed by atoms with Crippen molar-refractivity contribution in [2.45, 2.75) is 62.4 Å². The standard InChI is InChI=1S/C20H28N2O/c1-21-19(23)18(16-7-3-2-4-8-16)15-20(21)11-13-22(14-12-20)17-9-5-6-10-17/h2-4,7-8,17-18H,5-6,9-15H2,1H3/t18-/m1/s1. The van der Waals surface area contributed by atoms with Crippen LogP contribution in [0, 0.1) is 0 Å². The Morgan fingerprint density at radius 2 is 1.70 bits per heavy atom. The van der Waals surface area contributed by atoms with Gasteiger partial charge in [0.15, 0.2) is 0 Å². The number of likely N-dealkylation sites (tertiary alicyclic amines) is 2. The lowest BCUT2D eigenvalue weighted by Crippen LogP contribution is -2.53. The fourth-order valence-corrected chi connectivity index (χ4v) is 5.13. The molecule has 3 fully saturated rings. The van der Waals surface area contributed by atoms with E-state index in [0.29, 0.717) is 5.91 Å². The molecule has 2 heterocycles. The number of hydrogen-bond acceptors (Lipinski definition) is 2. The number of amides is 1. The molecule has 0 bridgehead atoms. The van der Waals surface area contributed by atoms with E-state index in [-0.39, 0.29) is 11.5 Å². The molecular weight excluding hydrogens is 284 g/mol. The second-order valence-electron chi connectivity index (χ2n) is 7.76. The molecule has 1 amide bonds. The first-order valence-electron chi connectivity index (χ1n) is 9.26. The number of nitrogens with zero attached hydrogens (tertiary/aromatic N) is 2. The van der Waals surface area contributed by atoms with Crippen LogP contribution in [0.25, 0.3) is 0 Å². The van der Waals surface area contributed by atoms with E-state index in [0.717, 1.165) is 25.3 Å². The highest BCUT2D eigenvalue weighted by molar-refractivity contribution is 5.87. The van der Waals surface area contributed by atoms with Gasteiger partial charge in [0.25, 0.3) is 0 Å². The Labute approximate surface area is 139 Å². The highest BCUT2D eigenvalue weighted by atomic mass is 16.2. The summed E-state index contributed by atoms with van der Waals surface area (Å²) in [5.74, 6) is 0.393. The second-order valence-corrected chi connectivity index (χ2v) is 7.76. The van der Waals surface area contributed by atoms with Crippen LogP contribution >= 0.6 is 0 Å².